The zero-order chi connectivity index (χ0) is 10.7. The molecule has 1 saturated heterocycles. The van der Waals surface area contributed by atoms with Crippen LogP contribution in [0.2, 0.25) is 0 Å². The Balaban J connectivity index is 2.03. The fourth-order valence-corrected chi connectivity index (χ4v) is 4.13. The first-order valence-corrected chi connectivity index (χ1v) is 7.66. The van der Waals surface area contributed by atoms with Crippen LogP contribution in [0.5, 0.6) is 0 Å². The highest BCUT2D eigenvalue weighted by atomic mass is 32.2. The molecule has 0 aromatic carbocycles. The van der Waals surface area contributed by atoms with E-state index in [9.17, 15) is 0 Å². The molecule has 2 heterocycles. The Kier molecular flexibility index (Phi) is 4.12. The van der Waals surface area contributed by atoms with E-state index in [4.69, 9.17) is 0 Å². The Bertz CT molecular complexity index is 308. The summed E-state index contributed by atoms with van der Waals surface area (Å²) < 4.78 is 0. The monoisotopic (exact) mass is 241 g/mol. The quantitative estimate of drug-likeness (QED) is 0.852. The van der Waals surface area contributed by atoms with Crippen molar-refractivity contribution in [2.24, 2.45) is 5.92 Å². The van der Waals surface area contributed by atoms with E-state index in [0.717, 1.165) is 12.5 Å². The maximum Gasteiger partial charge on any atom is 0.0506 e. The Morgan fingerprint density at radius 1 is 1.40 bits per heavy atom. The molecule has 2 rings (SSSR count). The first-order chi connectivity index (χ1) is 7.29. The summed E-state index contributed by atoms with van der Waals surface area (Å²) in [4.78, 5) is 3.03. The molecule has 0 radical (unpaired) electrons. The smallest absolute Gasteiger partial charge is 0.0506 e. The predicted molar refractivity (Wildman–Crippen MR) is 70.9 cm³/mol. The molecule has 84 valence electrons. The van der Waals surface area contributed by atoms with Crippen molar-refractivity contribution in [3.8, 4) is 0 Å². The first kappa shape index (κ1) is 11.5. The van der Waals surface area contributed by atoms with Crippen LogP contribution >= 0.6 is 23.1 Å². The number of rotatable bonds is 2. The molecule has 0 spiro atoms. The Morgan fingerprint density at radius 3 is 3.00 bits per heavy atom. The molecular formula is C12H19NS2. The van der Waals surface area contributed by atoms with Crippen LogP contribution in [0.15, 0.2) is 12.1 Å². The SMILES string of the molecule is CCc1ccc(C2CSCC(C)CN2)s1. The van der Waals surface area contributed by atoms with Gasteiger partial charge in [-0.05, 0) is 36.8 Å². The summed E-state index contributed by atoms with van der Waals surface area (Å²) in [5.41, 5.74) is 0. The molecule has 1 nitrogen and oxygen atoms in total. The minimum absolute atomic E-state index is 0.588. The second kappa shape index (κ2) is 5.37. The number of aryl methyl sites for hydroxylation is 1. The number of thioether (sulfide) groups is 1. The van der Waals surface area contributed by atoms with Crippen LogP contribution in [-0.2, 0) is 6.42 Å². The molecule has 1 aliphatic rings. The summed E-state index contributed by atoms with van der Waals surface area (Å²) in [5, 5.41) is 3.67. The Morgan fingerprint density at radius 2 is 2.27 bits per heavy atom. The van der Waals surface area contributed by atoms with Gasteiger partial charge in [-0.2, -0.15) is 11.8 Å². The van der Waals surface area contributed by atoms with Crippen molar-refractivity contribution in [2.75, 3.05) is 18.1 Å². The maximum atomic E-state index is 3.67. The van der Waals surface area contributed by atoms with Crippen LogP contribution < -0.4 is 5.32 Å². The van der Waals surface area contributed by atoms with Gasteiger partial charge in [0.2, 0.25) is 0 Å². The van der Waals surface area contributed by atoms with Gasteiger partial charge in [0.1, 0.15) is 0 Å². The third kappa shape index (κ3) is 2.99. The van der Waals surface area contributed by atoms with Gasteiger partial charge in [0.25, 0.3) is 0 Å². The first-order valence-electron chi connectivity index (χ1n) is 5.69. The molecule has 0 aliphatic carbocycles. The van der Waals surface area contributed by atoms with E-state index in [1.807, 2.05) is 11.3 Å². The van der Waals surface area contributed by atoms with E-state index < -0.39 is 0 Å². The Labute approximate surface area is 101 Å². The van der Waals surface area contributed by atoms with Crippen molar-refractivity contribution in [1.29, 1.82) is 0 Å². The highest BCUT2D eigenvalue weighted by molar-refractivity contribution is 7.99. The summed E-state index contributed by atoms with van der Waals surface area (Å²) in [6, 6.07) is 5.17. The normalized spacial score (nSPS) is 27.6. The lowest BCUT2D eigenvalue weighted by Crippen LogP contribution is -2.24. The topological polar surface area (TPSA) is 12.0 Å². The van der Waals surface area contributed by atoms with Crippen molar-refractivity contribution in [1.82, 2.24) is 5.32 Å². The molecule has 1 fully saturated rings. The molecule has 0 bridgehead atoms. The minimum atomic E-state index is 0.588. The summed E-state index contributed by atoms with van der Waals surface area (Å²) in [5.74, 6) is 3.34. The van der Waals surface area contributed by atoms with Gasteiger partial charge in [0.05, 0.1) is 6.04 Å². The lowest BCUT2D eigenvalue weighted by atomic mass is 10.2. The lowest BCUT2D eigenvalue weighted by molar-refractivity contribution is 0.522. The van der Waals surface area contributed by atoms with E-state index in [2.05, 4.69) is 43.1 Å². The molecular weight excluding hydrogens is 222 g/mol. The fraction of sp³-hybridized carbons (Fsp3) is 0.667. The van der Waals surface area contributed by atoms with Crippen molar-refractivity contribution < 1.29 is 0 Å². The number of hydrogen-bond donors (Lipinski definition) is 1. The van der Waals surface area contributed by atoms with Gasteiger partial charge in [0.15, 0.2) is 0 Å². The number of nitrogens with one attached hydrogen (secondary N) is 1. The van der Waals surface area contributed by atoms with Gasteiger partial charge < -0.3 is 5.32 Å². The lowest BCUT2D eigenvalue weighted by Gasteiger charge is -2.13. The summed E-state index contributed by atoms with van der Waals surface area (Å²) in [7, 11) is 0. The molecule has 1 aromatic heterocycles. The molecule has 2 unspecified atom stereocenters. The van der Waals surface area contributed by atoms with Gasteiger partial charge >= 0.3 is 0 Å². The van der Waals surface area contributed by atoms with E-state index in [1.54, 1.807) is 0 Å². The summed E-state index contributed by atoms with van der Waals surface area (Å²) in [6.07, 6.45) is 1.17. The predicted octanol–water partition coefficient (Wildman–Crippen LogP) is 3.32. The Hall–Kier alpha value is 0.01000. The average Bonchev–Trinajstić information content (AvgIpc) is 2.62. The van der Waals surface area contributed by atoms with E-state index >= 15 is 0 Å². The van der Waals surface area contributed by atoms with Gasteiger partial charge in [-0.1, -0.05) is 13.8 Å². The third-order valence-electron chi connectivity index (χ3n) is 2.77. The molecule has 1 N–H and O–H groups in total. The molecule has 1 aromatic rings. The number of hydrogen-bond acceptors (Lipinski definition) is 3. The highest BCUT2D eigenvalue weighted by Gasteiger charge is 2.18. The number of thiophene rings is 1. The van der Waals surface area contributed by atoms with Crippen LogP contribution in [-0.4, -0.2) is 18.1 Å². The van der Waals surface area contributed by atoms with Crippen LogP contribution in [0.4, 0.5) is 0 Å². The maximum absolute atomic E-state index is 3.67. The summed E-state index contributed by atoms with van der Waals surface area (Å²) in [6.45, 7) is 5.72. The van der Waals surface area contributed by atoms with Gasteiger partial charge in [-0.15, -0.1) is 11.3 Å². The average molecular weight is 241 g/mol. The molecule has 1 aliphatic heterocycles. The van der Waals surface area contributed by atoms with Crippen molar-refractivity contribution in [2.45, 2.75) is 26.3 Å². The molecule has 3 heteroatoms. The van der Waals surface area contributed by atoms with Crippen LogP contribution in [0.1, 0.15) is 29.6 Å². The minimum Gasteiger partial charge on any atom is -0.308 e. The van der Waals surface area contributed by atoms with Crippen LogP contribution in [0, 0.1) is 5.92 Å². The van der Waals surface area contributed by atoms with Crippen molar-refractivity contribution in [3.05, 3.63) is 21.9 Å². The van der Waals surface area contributed by atoms with E-state index in [-0.39, 0.29) is 0 Å². The van der Waals surface area contributed by atoms with Gasteiger partial charge in [0, 0.05) is 15.5 Å². The van der Waals surface area contributed by atoms with Crippen molar-refractivity contribution in [3.63, 3.8) is 0 Å². The molecule has 2 atom stereocenters. The van der Waals surface area contributed by atoms with Crippen molar-refractivity contribution >= 4 is 23.1 Å². The van der Waals surface area contributed by atoms with Gasteiger partial charge in [-0.25, -0.2) is 0 Å². The standard InChI is InChI=1S/C12H19NS2/c1-3-10-4-5-12(15-10)11-8-14-7-9(2)6-13-11/h4-5,9,11,13H,3,6-8H2,1-2H3. The van der Waals surface area contributed by atoms with Crippen LogP contribution in [0.3, 0.4) is 0 Å². The van der Waals surface area contributed by atoms with E-state index in [0.29, 0.717) is 6.04 Å². The fourth-order valence-electron chi connectivity index (χ4n) is 1.80. The molecule has 0 amide bonds. The highest BCUT2D eigenvalue weighted by Crippen LogP contribution is 2.28. The van der Waals surface area contributed by atoms with E-state index in [1.165, 1.54) is 27.7 Å². The molecule has 0 saturated carbocycles. The molecule has 15 heavy (non-hydrogen) atoms. The second-order valence-corrected chi connectivity index (χ2v) is 6.54. The zero-order valence-corrected chi connectivity index (χ0v) is 11.1. The van der Waals surface area contributed by atoms with Gasteiger partial charge in [-0.3, -0.25) is 0 Å². The van der Waals surface area contributed by atoms with Crippen LogP contribution in [0.25, 0.3) is 0 Å². The third-order valence-corrected chi connectivity index (χ3v) is 5.49. The zero-order valence-electron chi connectivity index (χ0n) is 9.45. The second-order valence-electron chi connectivity index (χ2n) is 4.26. The summed E-state index contributed by atoms with van der Waals surface area (Å²) >= 11 is 4.06. The largest absolute Gasteiger partial charge is 0.308 e.